The summed E-state index contributed by atoms with van der Waals surface area (Å²) in [5.41, 5.74) is 2.01. The van der Waals surface area contributed by atoms with Gasteiger partial charge in [0.2, 0.25) is 11.2 Å². The molecule has 0 N–H and O–H groups in total. The lowest BCUT2D eigenvalue weighted by atomic mass is 10.1. The first-order valence-corrected chi connectivity index (χ1v) is 5.16. The van der Waals surface area contributed by atoms with Crippen molar-refractivity contribution in [1.82, 2.24) is 0 Å². The van der Waals surface area contributed by atoms with E-state index in [1.165, 1.54) is 0 Å². The Morgan fingerprint density at radius 1 is 1.12 bits per heavy atom. The summed E-state index contributed by atoms with van der Waals surface area (Å²) in [6.45, 7) is 0. The van der Waals surface area contributed by atoms with Gasteiger partial charge in [0, 0.05) is 23.6 Å². The van der Waals surface area contributed by atoms with Gasteiger partial charge in [-0.25, -0.2) is 0 Å². The molecule has 0 aliphatic carbocycles. The van der Waals surface area contributed by atoms with E-state index in [4.69, 9.17) is 10.5 Å². The number of aryl methyl sites for hydroxylation is 1. The van der Waals surface area contributed by atoms with E-state index in [9.17, 15) is 0 Å². The second-order valence-electron chi connectivity index (χ2n) is 3.66. The standard InChI is InChI=1S/C14H10N3/c1-17-13(8-11(9-15)10-16)7-6-12-4-2-3-5-14(12)17/h2-8H,1H3/q+1. The summed E-state index contributed by atoms with van der Waals surface area (Å²) in [4.78, 5) is 0. The molecule has 3 heteroatoms. The highest BCUT2D eigenvalue weighted by atomic mass is 14.9. The summed E-state index contributed by atoms with van der Waals surface area (Å²) in [6, 6.07) is 15.6. The third-order valence-electron chi connectivity index (χ3n) is 2.65. The number of hydrogen-bond donors (Lipinski definition) is 0. The van der Waals surface area contributed by atoms with Crippen molar-refractivity contribution in [3.05, 3.63) is 47.7 Å². The van der Waals surface area contributed by atoms with Crippen LogP contribution in [0.3, 0.4) is 0 Å². The minimum absolute atomic E-state index is 0.107. The molecule has 2 rings (SSSR count). The third kappa shape index (κ3) is 2.00. The smallest absolute Gasteiger partial charge is 0.195 e. The van der Waals surface area contributed by atoms with Crippen LogP contribution in [0.4, 0.5) is 0 Å². The molecule has 0 unspecified atom stereocenters. The van der Waals surface area contributed by atoms with E-state index in [-0.39, 0.29) is 5.57 Å². The van der Waals surface area contributed by atoms with Crippen LogP contribution in [0, 0.1) is 22.7 Å². The average Bonchev–Trinajstić information content (AvgIpc) is 2.38. The van der Waals surface area contributed by atoms with Crippen molar-refractivity contribution in [2.45, 2.75) is 0 Å². The number of nitriles is 2. The zero-order valence-electron chi connectivity index (χ0n) is 9.38. The van der Waals surface area contributed by atoms with E-state index in [0.29, 0.717) is 0 Å². The van der Waals surface area contributed by atoms with Crippen molar-refractivity contribution in [2.24, 2.45) is 7.05 Å². The number of aromatic nitrogens is 1. The summed E-state index contributed by atoms with van der Waals surface area (Å²) >= 11 is 0. The fourth-order valence-corrected chi connectivity index (χ4v) is 1.74. The molecule has 1 heterocycles. The predicted octanol–water partition coefficient (Wildman–Crippen LogP) is 2.09. The zero-order chi connectivity index (χ0) is 12.3. The lowest BCUT2D eigenvalue weighted by Gasteiger charge is -1.99. The number of benzene rings is 1. The minimum atomic E-state index is 0.107. The number of rotatable bonds is 1. The van der Waals surface area contributed by atoms with Crippen molar-refractivity contribution in [2.75, 3.05) is 0 Å². The van der Waals surface area contributed by atoms with Crippen molar-refractivity contribution < 1.29 is 4.57 Å². The number of para-hydroxylation sites is 1. The van der Waals surface area contributed by atoms with Gasteiger partial charge in [-0.15, -0.1) is 0 Å². The molecule has 0 aliphatic heterocycles. The van der Waals surface area contributed by atoms with Gasteiger partial charge in [-0.3, -0.25) is 0 Å². The zero-order valence-corrected chi connectivity index (χ0v) is 9.38. The normalized spacial score (nSPS) is 9.35. The second kappa shape index (κ2) is 4.47. The fraction of sp³-hybridized carbons (Fsp3) is 0.0714. The Bertz CT molecular complexity index is 669. The van der Waals surface area contributed by atoms with Gasteiger partial charge >= 0.3 is 0 Å². The van der Waals surface area contributed by atoms with Gasteiger partial charge in [-0.05, 0) is 12.1 Å². The summed E-state index contributed by atoms with van der Waals surface area (Å²) in [5.74, 6) is 0. The summed E-state index contributed by atoms with van der Waals surface area (Å²) < 4.78 is 1.96. The monoisotopic (exact) mass is 220 g/mol. The number of hydrogen-bond acceptors (Lipinski definition) is 2. The van der Waals surface area contributed by atoms with Gasteiger partial charge in [-0.1, -0.05) is 12.1 Å². The van der Waals surface area contributed by atoms with Crippen molar-refractivity contribution in [3.63, 3.8) is 0 Å². The van der Waals surface area contributed by atoms with Crippen LogP contribution in [0.5, 0.6) is 0 Å². The molecule has 0 radical (unpaired) electrons. The SMILES string of the molecule is C[n+]1c(C=C(C#N)C#N)ccc2ccccc21. The number of pyridine rings is 1. The molecule has 0 amide bonds. The van der Waals surface area contributed by atoms with Gasteiger partial charge < -0.3 is 0 Å². The Balaban J connectivity index is 2.67. The maximum atomic E-state index is 8.74. The molecule has 17 heavy (non-hydrogen) atoms. The molecule has 2 aromatic rings. The summed E-state index contributed by atoms with van der Waals surface area (Å²) in [5, 5.41) is 18.6. The van der Waals surface area contributed by atoms with Crippen LogP contribution in [0.2, 0.25) is 0 Å². The molecule has 0 spiro atoms. The topological polar surface area (TPSA) is 51.5 Å². The van der Waals surface area contributed by atoms with Gasteiger partial charge in [0.05, 0.1) is 0 Å². The summed E-state index contributed by atoms with van der Waals surface area (Å²) in [7, 11) is 1.92. The number of nitrogens with zero attached hydrogens (tertiary/aromatic N) is 3. The first-order chi connectivity index (χ1) is 8.26. The van der Waals surface area contributed by atoms with Crippen LogP contribution in [-0.2, 0) is 7.05 Å². The minimum Gasteiger partial charge on any atom is -0.195 e. The molecule has 1 aromatic heterocycles. The van der Waals surface area contributed by atoms with Crippen LogP contribution in [0.25, 0.3) is 17.0 Å². The second-order valence-corrected chi connectivity index (χ2v) is 3.66. The first kappa shape index (κ1) is 10.9. The quantitative estimate of drug-likeness (QED) is 0.546. The van der Waals surface area contributed by atoms with Crippen molar-refractivity contribution >= 4 is 17.0 Å². The maximum absolute atomic E-state index is 8.74. The Hall–Kier alpha value is -2.65. The van der Waals surface area contributed by atoms with Crippen LogP contribution < -0.4 is 4.57 Å². The van der Waals surface area contributed by atoms with Gasteiger partial charge in [0.1, 0.15) is 24.8 Å². The van der Waals surface area contributed by atoms with E-state index in [1.807, 2.05) is 60.2 Å². The number of fused-ring (bicyclic) bond motifs is 1. The van der Waals surface area contributed by atoms with E-state index >= 15 is 0 Å². The Kier molecular flexibility index (Phi) is 2.85. The lowest BCUT2D eigenvalue weighted by molar-refractivity contribution is -0.646. The number of allylic oxidation sites excluding steroid dienone is 1. The van der Waals surface area contributed by atoms with Gasteiger partial charge in [-0.2, -0.15) is 15.1 Å². The molecule has 0 fully saturated rings. The molecule has 1 aromatic carbocycles. The molecule has 0 saturated carbocycles. The van der Waals surface area contributed by atoms with E-state index in [2.05, 4.69) is 0 Å². The van der Waals surface area contributed by atoms with Gasteiger partial charge in [0.25, 0.3) is 0 Å². The first-order valence-electron chi connectivity index (χ1n) is 5.16. The largest absolute Gasteiger partial charge is 0.212 e. The molecule has 0 saturated heterocycles. The molecule has 0 atom stereocenters. The molecule has 80 valence electrons. The van der Waals surface area contributed by atoms with E-state index in [0.717, 1.165) is 16.6 Å². The van der Waals surface area contributed by atoms with Crippen LogP contribution in [-0.4, -0.2) is 0 Å². The Labute approximate surface area is 99.5 Å². The van der Waals surface area contributed by atoms with Crippen molar-refractivity contribution in [1.29, 1.82) is 10.5 Å². The van der Waals surface area contributed by atoms with Crippen LogP contribution in [0.1, 0.15) is 5.69 Å². The third-order valence-corrected chi connectivity index (χ3v) is 2.65. The van der Waals surface area contributed by atoms with Crippen LogP contribution in [0.15, 0.2) is 42.0 Å². The lowest BCUT2D eigenvalue weighted by Crippen LogP contribution is -2.32. The maximum Gasteiger partial charge on any atom is 0.212 e. The Morgan fingerprint density at radius 3 is 2.53 bits per heavy atom. The molecular weight excluding hydrogens is 210 g/mol. The van der Waals surface area contributed by atoms with E-state index < -0.39 is 0 Å². The van der Waals surface area contributed by atoms with E-state index in [1.54, 1.807) is 6.08 Å². The highest BCUT2D eigenvalue weighted by Crippen LogP contribution is 2.11. The molecule has 3 nitrogen and oxygen atoms in total. The Morgan fingerprint density at radius 2 is 1.82 bits per heavy atom. The fourth-order valence-electron chi connectivity index (χ4n) is 1.74. The predicted molar refractivity (Wildman–Crippen MR) is 64.3 cm³/mol. The van der Waals surface area contributed by atoms with Gasteiger partial charge in [0.15, 0.2) is 0 Å². The average molecular weight is 220 g/mol. The van der Waals surface area contributed by atoms with Crippen molar-refractivity contribution in [3.8, 4) is 12.1 Å². The molecule has 0 bridgehead atoms. The highest BCUT2D eigenvalue weighted by Gasteiger charge is 2.09. The summed E-state index contributed by atoms with van der Waals surface area (Å²) in [6.07, 6.45) is 1.59. The molecule has 0 aliphatic rings. The molecular formula is C14H10N3+. The highest BCUT2D eigenvalue weighted by molar-refractivity contribution is 5.76. The van der Waals surface area contributed by atoms with Crippen LogP contribution >= 0.6 is 0 Å².